The summed E-state index contributed by atoms with van der Waals surface area (Å²) in [6.07, 6.45) is 6.26. The second-order valence-corrected chi connectivity index (χ2v) is 15.1. The molecule has 0 atom stereocenters. The number of imidazole rings is 1. The van der Waals surface area contributed by atoms with E-state index in [-0.39, 0.29) is 27.1 Å². The van der Waals surface area contributed by atoms with Crippen LogP contribution in [0.1, 0.15) is 124 Å². The fourth-order valence-electron chi connectivity index (χ4n) is 7.41. The molecular weight excluding hydrogens is 450 g/mol. The second kappa shape index (κ2) is 7.36. The molecule has 1 fully saturated rings. The van der Waals surface area contributed by atoms with Gasteiger partial charge in [-0.3, -0.25) is 4.40 Å². The average molecular weight is 496 g/mol. The Morgan fingerprint density at radius 1 is 0.730 bits per heavy atom. The minimum atomic E-state index is 0.0587. The standard InChI is InChI=1S/C34H45N3/c1-30(2,3)21-14-15-22-25(18-21)36-29(34(10)16-12-11-13-17-34)37-27-20-24-23(19-26(27)35-28(22)37)31(4,5)33(8,9)32(24,6)7/h14-15,18-20H,11-13,16-17H2,1-10H3. The fraction of sp³-hybridized carbons (Fsp3) is 0.588. The highest BCUT2D eigenvalue weighted by Crippen LogP contribution is 2.62. The van der Waals surface area contributed by atoms with Gasteiger partial charge in [0.05, 0.1) is 16.6 Å². The second-order valence-electron chi connectivity index (χ2n) is 15.1. The van der Waals surface area contributed by atoms with E-state index in [1.165, 1.54) is 60.1 Å². The zero-order valence-electron chi connectivity index (χ0n) is 24.8. The van der Waals surface area contributed by atoms with Gasteiger partial charge in [-0.2, -0.15) is 0 Å². The molecule has 37 heavy (non-hydrogen) atoms. The van der Waals surface area contributed by atoms with Crippen molar-refractivity contribution in [1.29, 1.82) is 0 Å². The first-order chi connectivity index (χ1) is 17.1. The van der Waals surface area contributed by atoms with Gasteiger partial charge in [0.25, 0.3) is 0 Å². The predicted octanol–water partition coefficient (Wildman–Crippen LogP) is 9.15. The quantitative estimate of drug-likeness (QED) is 0.263. The molecule has 4 aromatic rings. The van der Waals surface area contributed by atoms with Crippen LogP contribution >= 0.6 is 0 Å². The summed E-state index contributed by atoms with van der Waals surface area (Å²) in [7, 11) is 0. The minimum Gasteiger partial charge on any atom is -0.279 e. The van der Waals surface area contributed by atoms with Crippen molar-refractivity contribution in [3.8, 4) is 0 Å². The van der Waals surface area contributed by atoms with Crippen LogP contribution in [-0.2, 0) is 21.7 Å². The number of rotatable bonds is 1. The summed E-state index contributed by atoms with van der Waals surface area (Å²) in [6, 6.07) is 11.8. The van der Waals surface area contributed by atoms with Crippen molar-refractivity contribution in [2.75, 3.05) is 0 Å². The average Bonchev–Trinajstić information content (AvgIpc) is 3.24. The minimum absolute atomic E-state index is 0.0587. The molecule has 0 spiro atoms. The number of fused-ring (bicyclic) bond motifs is 6. The van der Waals surface area contributed by atoms with E-state index < -0.39 is 0 Å². The lowest BCUT2D eigenvalue weighted by atomic mass is 9.59. The lowest BCUT2D eigenvalue weighted by Crippen LogP contribution is -2.42. The van der Waals surface area contributed by atoms with Gasteiger partial charge in [-0.05, 0) is 75.5 Å². The molecule has 0 bridgehead atoms. The zero-order chi connectivity index (χ0) is 26.8. The van der Waals surface area contributed by atoms with E-state index in [1.807, 2.05) is 0 Å². The Morgan fingerprint density at radius 2 is 1.35 bits per heavy atom. The molecule has 196 valence electrons. The monoisotopic (exact) mass is 495 g/mol. The van der Waals surface area contributed by atoms with Gasteiger partial charge in [-0.15, -0.1) is 0 Å². The molecule has 2 aromatic carbocycles. The van der Waals surface area contributed by atoms with E-state index in [2.05, 4.69) is 104 Å². The maximum Gasteiger partial charge on any atom is 0.148 e. The highest BCUT2D eigenvalue weighted by Gasteiger charge is 2.57. The van der Waals surface area contributed by atoms with Crippen LogP contribution in [0, 0.1) is 5.41 Å². The number of hydrogen-bond acceptors (Lipinski definition) is 2. The predicted molar refractivity (Wildman–Crippen MR) is 157 cm³/mol. The van der Waals surface area contributed by atoms with Crippen molar-refractivity contribution >= 4 is 27.6 Å². The van der Waals surface area contributed by atoms with Crippen molar-refractivity contribution < 1.29 is 0 Å². The molecule has 3 nitrogen and oxygen atoms in total. The van der Waals surface area contributed by atoms with Crippen LogP contribution in [0.5, 0.6) is 0 Å². The van der Waals surface area contributed by atoms with Crippen LogP contribution in [0.2, 0.25) is 0 Å². The first kappa shape index (κ1) is 24.9. The lowest BCUT2D eigenvalue weighted by molar-refractivity contribution is 0.125. The molecule has 1 saturated carbocycles. The molecule has 2 aliphatic carbocycles. The van der Waals surface area contributed by atoms with Crippen molar-refractivity contribution in [2.45, 2.75) is 123 Å². The SMILES string of the molecule is CC(C)(C)c1ccc2c(c1)nc(C1(C)CCCCC1)n1c3cc4c(cc3nc21)C(C)(C)C(C)(C)C4(C)C. The largest absolute Gasteiger partial charge is 0.279 e. The summed E-state index contributed by atoms with van der Waals surface area (Å²) in [5, 5.41) is 1.16. The molecule has 0 N–H and O–H groups in total. The van der Waals surface area contributed by atoms with E-state index in [4.69, 9.17) is 9.97 Å². The third kappa shape index (κ3) is 3.18. The Labute approximate surface area is 223 Å². The molecule has 2 aliphatic rings. The summed E-state index contributed by atoms with van der Waals surface area (Å²) in [4.78, 5) is 10.9. The van der Waals surface area contributed by atoms with E-state index in [9.17, 15) is 0 Å². The Morgan fingerprint density at radius 3 is 1.97 bits per heavy atom. The molecule has 0 unspecified atom stereocenters. The molecule has 0 saturated heterocycles. The molecule has 0 amide bonds. The van der Waals surface area contributed by atoms with E-state index >= 15 is 0 Å². The van der Waals surface area contributed by atoms with Gasteiger partial charge >= 0.3 is 0 Å². The molecule has 6 rings (SSSR count). The number of benzene rings is 2. The van der Waals surface area contributed by atoms with Crippen LogP contribution in [-0.4, -0.2) is 14.4 Å². The van der Waals surface area contributed by atoms with Crippen LogP contribution < -0.4 is 0 Å². The summed E-state index contributed by atoms with van der Waals surface area (Å²) < 4.78 is 2.45. The smallest absolute Gasteiger partial charge is 0.148 e. The third-order valence-electron chi connectivity index (χ3n) is 11.3. The highest BCUT2D eigenvalue weighted by molar-refractivity contribution is 5.97. The van der Waals surface area contributed by atoms with Gasteiger partial charge in [0, 0.05) is 10.8 Å². The third-order valence-corrected chi connectivity index (χ3v) is 11.3. The molecular formula is C34H45N3. The van der Waals surface area contributed by atoms with E-state index in [1.54, 1.807) is 0 Å². The van der Waals surface area contributed by atoms with Gasteiger partial charge in [-0.25, -0.2) is 9.97 Å². The molecule has 2 heterocycles. The summed E-state index contributed by atoms with van der Waals surface area (Å²) >= 11 is 0. The van der Waals surface area contributed by atoms with Crippen LogP contribution in [0.3, 0.4) is 0 Å². The van der Waals surface area contributed by atoms with Crippen molar-refractivity contribution in [3.63, 3.8) is 0 Å². The summed E-state index contributed by atoms with van der Waals surface area (Å²) in [5.41, 5.74) is 9.15. The summed E-state index contributed by atoms with van der Waals surface area (Å²) in [6.45, 7) is 23.9. The fourth-order valence-corrected chi connectivity index (χ4v) is 7.41. The number of nitrogens with zero attached hydrogens (tertiary/aromatic N) is 3. The molecule has 3 heteroatoms. The van der Waals surface area contributed by atoms with E-state index in [0.29, 0.717) is 0 Å². The number of hydrogen-bond donors (Lipinski definition) is 0. The summed E-state index contributed by atoms with van der Waals surface area (Å²) in [5.74, 6) is 1.21. The van der Waals surface area contributed by atoms with Gasteiger partial charge in [0.1, 0.15) is 11.5 Å². The van der Waals surface area contributed by atoms with Crippen LogP contribution in [0.15, 0.2) is 30.3 Å². The molecule has 2 aromatic heterocycles. The molecule has 0 radical (unpaired) electrons. The maximum absolute atomic E-state index is 5.51. The van der Waals surface area contributed by atoms with Crippen molar-refractivity contribution in [2.24, 2.45) is 5.41 Å². The van der Waals surface area contributed by atoms with Crippen molar-refractivity contribution in [3.05, 3.63) is 52.8 Å². The lowest BCUT2D eigenvalue weighted by Gasteiger charge is -2.44. The van der Waals surface area contributed by atoms with Gasteiger partial charge < -0.3 is 0 Å². The first-order valence-electron chi connectivity index (χ1n) is 14.4. The topological polar surface area (TPSA) is 30.2 Å². The van der Waals surface area contributed by atoms with Gasteiger partial charge in [0.15, 0.2) is 0 Å². The zero-order valence-corrected chi connectivity index (χ0v) is 24.8. The Balaban J connectivity index is 1.74. The van der Waals surface area contributed by atoms with Gasteiger partial charge in [0.2, 0.25) is 0 Å². The Bertz CT molecular complexity index is 1570. The van der Waals surface area contributed by atoms with E-state index in [0.717, 1.165) is 22.1 Å². The normalized spacial score (nSPS) is 22.1. The van der Waals surface area contributed by atoms with Crippen LogP contribution in [0.4, 0.5) is 0 Å². The van der Waals surface area contributed by atoms with Crippen LogP contribution in [0.25, 0.3) is 27.6 Å². The Kier molecular flexibility index (Phi) is 4.95. The number of aromatic nitrogens is 3. The van der Waals surface area contributed by atoms with Gasteiger partial charge in [-0.1, -0.05) is 94.6 Å². The molecule has 0 aliphatic heterocycles. The highest BCUT2D eigenvalue weighted by atomic mass is 15.1. The Hall–Kier alpha value is -2.42. The first-order valence-corrected chi connectivity index (χ1v) is 14.4. The maximum atomic E-state index is 5.51. The van der Waals surface area contributed by atoms with Crippen molar-refractivity contribution in [1.82, 2.24) is 14.4 Å².